The number of aryl methyl sites for hydroxylation is 1. The Kier molecular flexibility index (Phi) is 6.52. The van der Waals surface area contributed by atoms with Gasteiger partial charge in [-0.2, -0.15) is 5.10 Å². The fraction of sp³-hybridized carbons (Fsp3) is 0.318. The van der Waals surface area contributed by atoms with E-state index in [0.29, 0.717) is 11.6 Å². The van der Waals surface area contributed by atoms with Crippen molar-refractivity contribution in [1.29, 1.82) is 0 Å². The van der Waals surface area contributed by atoms with E-state index in [1.54, 1.807) is 23.0 Å². The van der Waals surface area contributed by atoms with Crippen LogP contribution in [-0.4, -0.2) is 54.1 Å². The first-order valence-corrected chi connectivity index (χ1v) is 10.3. The Bertz CT molecular complexity index is 968. The van der Waals surface area contributed by atoms with Gasteiger partial charge in [0.1, 0.15) is 18.2 Å². The highest BCUT2D eigenvalue weighted by molar-refractivity contribution is 6.33. The molecule has 1 saturated heterocycles. The third-order valence-corrected chi connectivity index (χ3v) is 5.31. The number of aromatic nitrogens is 2. The van der Waals surface area contributed by atoms with Crippen molar-refractivity contribution in [2.24, 2.45) is 7.05 Å². The van der Waals surface area contributed by atoms with Crippen molar-refractivity contribution >= 4 is 23.0 Å². The molecule has 0 aliphatic carbocycles. The number of benzene rings is 2. The van der Waals surface area contributed by atoms with Gasteiger partial charge in [-0.05, 0) is 42.5 Å². The average molecular weight is 431 g/mol. The second kappa shape index (κ2) is 9.47. The van der Waals surface area contributed by atoms with Crippen LogP contribution in [0.2, 0.25) is 5.02 Å². The Hall–Kier alpha value is -2.61. The fourth-order valence-corrected chi connectivity index (χ4v) is 3.71. The van der Waals surface area contributed by atoms with E-state index in [2.05, 4.69) is 15.3 Å². The lowest BCUT2D eigenvalue weighted by Gasteiger charge is -2.26. The lowest BCUT2D eigenvalue weighted by atomic mass is 10.1. The van der Waals surface area contributed by atoms with E-state index in [4.69, 9.17) is 21.1 Å². The van der Waals surface area contributed by atoms with Gasteiger partial charge in [-0.15, -0.1) is 0 Å². The van der Waals surface area contributed by atoms with Gasteiger partial charge < -0.3 is 14.8 Å². The van der Waals surface area contributed by atoms with Crippen molar-refractivity contribution in [1.82, 2.24) is 14.7 Å². The summed E-state index contributed by atoms with van der Waals surface area (Å²) >= 11 is 6.41. The van der Waals surface area contributed by atoms with Crippen molar-refractivity contribution < 1.29 is 13.9 Å². The summed E-state index contributed by atoms with van der Waals surface area (Å²) in [6, 6.07) is 12.0. The van der Waals surface area contributed by atoms with Crippen LogP contribution in [0.4, 0.5) is 15.8 Å². The molecule has 0 amide bonds. The minimum absolute atomic E-state index is 0.271. The first-order chi connectivity index (χ1) is 14.6. The van der Waals surface area contributed by atoms with E-state index in [1.807, 2.05) is 25.2 Å². The molecular weight excluding hydrogens is 407 g/mol. The molecule has 0 saturated carbocycles. The highest BCUT2D eigenvalue weighted by Crippen LogP contribution is 2.37. The summed E-state index contributed by atoms with van der Waals surface area (Å²) in [6.07, 6.45) is 1.62. The van der Waals surface area contributed by atoms with Crippen LogP contribution >= 0.6 is 11.6 Å². The maximum absolute atomic E-state index is 13.2. The molecule has 2 heterocycles. The van der Waals surface area contributed by atoms with Crippen LogP contribution in [0.5, 0.6) is 5.75 Å². The van der Waals surface area contributed by atoms with Crippen molar-refractivity contribution in [2.45, 2.75) is 0 Å². The normalized spacial score (nSPS) is 14.6. The maximum Gasteiger partial charge on any atom is 0.128 e. The van der Waals surface area contributed by atoms with Crippen LogP contribution in [0, 0.1) is 5.82 Å². The van der Waals surface area contributed by atoms with Gasteiger partial charge in [0.2, 0.25) is 0 Å². The Morgan fingerprint density at radius 2 is 1.87 bits per heavy atom. The molecular formula is C22H24ClFN4O2. The van der Waals surface area contributed by atoms with E-state index < -0.39 is 0 Å². The molecule has 4 rings (SSSR count). The molecule has 30 heavy (non-hydrogen) atoms. The monoisotopic (exact) mass is 430 g/mol. The second-order valence-electron chi connectivity index (χ2n) is 7.11. The van der Waals surface area contributed by atoms with Gasteiger partial charge in [0, 0.05) is 43.6 Å². The van der Waals surface area contributed by atoms with Gasteiger partial charge in [0.25, 0.3) is 0 Å². The van der Waals surface area contributed by atoms with E-state index in [1.165, 1.54) is 12.1 Å². The van der Waals surface area contributed by atoms with Crippen molar-refractivity contribution in [3.63, 3.8) is 0 Å². The smallest absolute Gasteiger partial charge is 0.128 e. The molecule has 1 aromatic heterocycles. The molecule has 1 aliphatic heterocycles. The summed E-state index contributed by atoms with van der Waals surface area (Å²) in [6.45, 7) is 4.76. The first kappa shape index (κ1) is 20.7. The number of anilines is 2. The summed E-state index contributed by atoms with van der Waals surface area (Å²) in [5.41, 5.74) is 3.25. The van der Waals surface area contributed by atoms with Gasteiger partial charge in [-0.3, -0.25) is 9.58 Å². The summed E-state index contributed by atoms with van der Waals surface area (Å²) in [7, 11) is 1.85. The zero-order valence-electron chi connectivity index (χ0n) is 16.8. The minimum Gasteiger partial charge on any atom is -0.492 e. The molecule has 2 aromatic carbocycles. The first-order valence-electron chi connectivity index (χ1n) is 9.87. The molecule has 0 unspecified atom stereocenters. The number of ether oxygens (including phenoxy) is 2. The maximum atomic E-state index is 13.2. The van der Waals surface area contributed by atoms with Gasteiger partial charge >= 0.3 is 0 Å². The average Bonchev–Trinajstić information content (AvgIpc) is 3.09. The van der Waals surface area contributed by atoms with Crippen LogP contribution in [0.25, 0.3) is 11.3 Å². The molecule has 0 spiro atoms. The minimum atomic E-state index is -0.271. The quantitative estimate of drug-likeness (QED) is 0.604. The summed E-state index contributed by atoms with van der Waals surface area (Å²) < 4.78 is 26.4. The van der Waals surface area contributed by atoms with Gasteiger partial charge in [0.05, 0.1) is 30.1 Å². The number of hydrogen-bond donors (Lipinski definition) is 1. The van der Waals surface area contributed by atoms with E-state index in [-0.39, 0.29) is 5.82 Å². The van der Waals surface area contributed by atoms with Crippen molar-refractivity contribution in [2.75, 3.05) is 44.8 Å². The number of nitrogens with zero attached hydrogens (tertiary/aromatic N) is 3. The number of hydrogen-bond acceptors (Lipinski definition) is 5. The lowest BCUT2D eigenvalue weighted by Crippen LogP contribution is -2.38. The highest BCUT2D eigenvalue weighted by atomic mass is 35.5. The van der Waals surface area contributed by atoms with E-state index in [9.17, 15) is 4.39 Å². The van der Waals surface area contributed by atoms with Gasteiger partial charge in [0.15, 0.2) is 0 Å². The Labute approximate surface area is 180 Å². The zero-order chi connectivity index (χ0) is 20.9. The molecule has 1 N–H and O–H groups in total. The zero-order valence-corrected chi connectivity index (χ0v) is 17.5. The Morgan fingerprint density at radius 1 is 1.13 bits per heavy atom. The Morgan fingerprint density at radius 3 is 2.57 bits per heavy atom. The number of rotatable bonds is 7. The molecule has 158 valence electrons. The number of nitrogens with one attached hydrogen (secondary N) is 1. The number of morpholine rings is 1. The van der Waals surface area contributed by atoms with E-state index >= 15 is 0 Å². The molecule has 0 atom stereocenters. The van der Waals surface area contributed by atoms with Crippen LogP contribution in [0.15, 0.2) is 48.7 Å². The van der Waals surface area contributed by atoms with Crippen LogP contribution in [-0.2, 0) is 11.8 Å². The lowest BCUT2D eigenvalue weighted by molar-refractivity contribution is 0.0323. The van der Waals surface area contributed by atoms with Crippen LogP contribution < -0.4 is 10.1 Å². The highest BCUT2D eigenvalue weighted by Gasteiger charge is 2.17. The number of halogens is 2. The Balaban J connectivity index is 1.56. The second-order valence-corrected chi connectivity index (χ2v) is 7.52. The predicted octanol–water partition coefficient (Wildman–Crippen LogP) is 4.33. The SMILES string of the molecule is Cn1ncc(Cl)c1-c1cc(Nc2ccc(F)cc2)ccc1OCCN1CCOCC1. The molecule has 8 heteroatoms. The molecule has 0 radical (unpaired) electrons. The summed E-state index contributed by atoms with van der Waals surface area (Å²) in [4.78, 5) is 2.32. The molecule has 1 fully saturated rings. The van der Waals surface area contributed by atoms with Crippen LogP contribution in [0.1, 0.15) is 0 Å². The molecule has 3 aromatic rings. The third kappa shape index (κ3) is 4.92. The molecule has 0 bridgehead atoms. The molecule has 1 aliphatic rings. The standard InChI is InChI=1S/C22H24ClFN4O2/c1-27-22(20(23)15-25-27)19-14-18(26-17-4-2-16(24)3-5-17)6-7-21(19)30-13-10-28-8-11-29-12-9-28/h2-7,14-15,26H,8-13H2,1H3. The fourth-order valence-electron chi connectivity index (χ4n) is 3.44. The third-order valence-electron chi connectivity index (χ3n) is 5.03. The predicted molar refractivity (Wildman–Crippen MR) is 116 cm³/mol. The van der Waals surface area contributed by atoms with E-state index in [0.717, 1.165) is 61.2 Å². The van der Waals surface area contributed by atoms with Crippen molar-refractivity contribution in [3.05, 3.63) is 59.5 Å². The largest absolute Gasteiger partial charge is 0.492 e. The van der Waals surface area contributed by atoms with Gasteiger partial charge in [-0.25, -0.2) is 4.39 Å². The topological polar surface area (TPSA) is 51.5 Å². The van der Waals surface area contributed by atoms with Crippen molar-refractivity contribution in [3.8, 4) is 17.0 Å². The van der Waals surface area contributed by atoms with Crippen LogP contribution in [0.3, 0.4) is 0 Å². The summed E-state index contributed by atoms with van der Waals surface area (Å²) in [5, 5.41) is 8.10. The molecule has 6 nitrogen and oxygen atoms in total. The van der Waals surface area contributed by atoms with Gasteiger partial charge in [-0.1, -0.05) is 11.6 Å². The summed E-state index contributed by atoms with van der Waals surface area (Å²) in [5.74, 6) is 0.463.